The molecular formula is C22H26ClN5O2. The number of aliphatic hydroxyl groups excluding tert-OH is 1. The van der Waals surface area contributed by atoms with Crippen LogP contribution in [0, 0.1) is 12.3 Å². The van der Waals surface area contributed by atoms with Gasteiger partial charge in [0.25, 0.3) is 0 Å². The average molecular weight is 428 g/mol. The number of aryl methyl sites for hydroxylation is 1. The summed E-state index contributed by atoms with van der Waals surface area (Å²) in [6.45, 7) is 8.90. The fourth-order valence-corrected chi connectivity index (χ4v) is 3.75. The highest BCUT2D eigenvalue weighted by Crippen LogP contribution is 2.33. The maximum Gasteiger partial charge on any atom is 0.229 e. The van der Waals surface area contributed by atoms with Gasteiger partial charge in [0.2, 0.25) is 5.91 Å². The van der Waals surface area contributed by atoms with Crippen LogP contribution < -0.4 is 10.2 Å². The van der Waals surface area contributed by atoms with E-state index in [1.54, 1.807) is 4.52 Å². The number of nitrogens with one attached hydrogen (secondary N) is 1. The van der Waals surface area contributed by atoms with Gasteiger partial charge in [-0.25, -0.2) is 9.50 Å². The number of halogens is 1. The molecule has 0 radical (unpaired) electrons. The molecule has 7 nitrogen and oxygen atoms in total. The monoisotopic (exact) mass is 427 g/mol. The van der Waals surface area contributed by atoms with E-state index in [-0.39, 0.29) is 12.0 Å². The molecule has 0 bridgehead atoms. The lowest BCUT2D eigenvalue weighted by Crippen LogP contribution is -2.27. The van der Waals surface area contributed by atoms with Gasteiger partial charge in [-0.15, -0.1) is 5.10 Å². The van der Waals surface area contributed by atoms with Gasteiger partial charge in [-0.3, -0.25) is 4.79 Å². The standard InChI is InChI=1S/C22H26ClN5O2/c1-13-9-16(23)15(10-17(13)25-21(30)22(2,3)4)18-12-28-19(24-18)5-6-20(26-28)27-8-7-14(29)11-27/h5-6,9-10,12,14,29H,7-8,11H2,1-4H3,(H,25,30)/t14-/m1/s1. The van der Waals surface area contributed by atoms with E-state index in [1.165, 1.54) is 0 Å². The first-order chi connectivity index (χ1) is 14.1. The van der Waals surface area contributed by atoms with Crippen molar-refractivity contribution in [1.82, 2.24) is 14.6 Å². The Labute approximate surface area is 180 Å². The Balaban J connectivity index is 1.69. The molecule has 0 unspecified atom stereocenters. The number of β-amino-alcohol motifs (C(OH)–C–C–N with tert-alkyl or cyclic N) is 1. The highest BCUT2D eigenvalue weighted by Gasteiger charge is 2.23. The van der Waals surface area contributed by atoms with Crippen molar-refractivity contribution in [3.05, 3.63) is 41.0 Å². The molecule has 3 heterocycles. The number of carbonyl (C=O) groups is 1. The fourth-order valence-electron chi connectivity index (χ4n) is 3.43. The number of fused-ring (bicyclic) bond motifs is 1. The SMILES string of the molecule is Cc1cc(Cl)c(-c2cn3nc(N4CC[C@@H](O)C4)ccc3n2)cc1NC(=O)C(C)(C)C. The van der Waals surface area contributed by atoms with Crippen LogP contribution in [0.15, 0.2) is 30.5 Å². The van der Waals surface area contributed by atoms with Crippen molar-refractivity contribution in [2.24, 2.45) is 5.41 Å². The summed E-state index contributed by atoms with van der Waals surface area (Å²) in [4.78, 5) is 19.2. The van der Waals surface area contributed by atoms with Crippen molar-refractivity contribution in [2.45, 2.75) is 40.2 Å². The number of aromatic nitrogens is 3. The maximum atomic E-state index is 12.4. The molecule has 2 N–H and O–H groups in total. The van der Waals surface area contributed by atoms with E-state index in [9.17, 15) is 9.90 Å². The molecule has 0 spiro atoms. The maximum absolute atomic E-state index is 12.4. The topological polar surface area (TPSA) is 82.8 Å². The molecule has 0 aliphatic carbocycles. The van der Waals surface area contributed by atoms with Gasteiger partial charge in [0, 0.05) is 29.8 Å². The molecule has 1 aliphatic heterocycles. The van der Waals surface area contributed by atoms with E-state index < -0.39 is 5.41 Å². The lowest BCUT2D eigenvalue weighted by Gasteiger charge is -2.19. The van der Waals surface area contributed by atoms with E-state index >= 15 is 0 Å². The van der Waals surface area contributed by atoms with Crippen LogP contribution in [-0.2, 0) is 4.79 Å². The minimum atomic E-state index is -0.501. The van der Waals surface area contributed by atoms with Crippen molar-refractivity contribution >= 4 is 34.7 Å². The average Bonchev–Trinajstić information content (AvgIpc) is 3.28. The number of anilines is 2. The third-order valence-corrected chi connectivity index (χ3v) is 5.63. The van der Waals surface area contributed by atoms with Crippen molar-refractivity contribution in [3.63, 3.8) is 0 Å². The van der Waals surface area contributed by atoms with Gasteiger partial charge < -0.3 is 15.3 Å². The second kappa shape index (κ2) is 7.56. The Hall–Kier alpha value is -2.64. The van der Waals surface area contributed by atoms with Crippen molar-refractivity contribution in [3.8, 4) is 11.3 Å². The quantitative estimate of drug-likeness (QED) is 0.662. The van der Waals surface area contributed by atoms with Crippen LogP contribution in [0.3, 0.4) is 0 Å². The second-order valence-electron chi connectivity index (χ2n) is 8.86. The molecule has 4 rings (SSSR count). The zero-order chi connectivity index (χ0) is 21.6. The van der Waals surface area contributed by atoms with Crippen molar-refractivity contribution < 1.29 is 9.90 Å². The summed E-state index contributed by atoms with van der Waals surface area (Å²) < 4.78 is 1.72. The fraction of sp³-hybridized carbons (Fsp3) is 0.409. The molecular weight excluding hydrogens is 402 g/mol. The number of imidazole rings is 1. The number of carbonyl (C=O) groups excluding carboxylic acids is 1. The number of aliphatic hydroxyl groups is 1. The summed E-state index contributed by atoms with van der Waals surface area (Å²) >= 11 is 6.52. The Morgan fingerprint density at radius 2 is 2.07 bits per heavy atom. The summed E-state index contributed by atoms with van der Waals surface area (Å²) in [5, 5.41) is 18.0. The van der Waals surface area contributed by atoms with Gasteiger partial charge in [0.05, 0.1) is 23.0 Å². The molecule has 1 aliphatic rings. The molecule has 1 atom stereocenters. The first-order valence-corrected chi connectivity index (χ1v) is 10.4. The molecule has 8 heteroatoms. The molecule has 1 aromatic carbocycles. The smallest absolute Gasteiger partial charge is 0.229 e. The van der Waals surface area contributed by atoms with Crippen molar-refractivity contribution in [2.75, 3.05) is 23.3 Å². The predicted molar refractivity (Wildman–Crippen MR) is 119 cm³/mol. The minimum Gasteiger partial charge on any atom is -0.391 e. The van der Waals surface area contributed by atoms with E-state index in [1.807, 2.05) is 58.2 Å². The molecule has 1 amide bonds. The molecule has 2 aromatic heterocycles. The van der Waals surface area contributed by atoms with Gasteiger partial charge in [-0.05, 0) is 43.2 Å². The van der Waals surface area contributed by atoms with Crippen LogP contribution in [0.2, 0.25) is 5.02 Å². The zero-order valence-electron chi connectivity index (χ0n) is 17.6. The summed E-state index contributed by atoms with van der Waals surface area (Å²) in [6, 6.07) is 7.52. The lowest BCUT2D eigenvalue weighted by atomic mass is 9.95. The Kier molecular flexibility index (Phi) is 5.20. The van der Waals surface area contributed by atoms with Crippen LogP contribution in [0.5, 0.6) is 0 Å². The molecule has 1 fully saturated rings. The predicted octanol–water partition coefficient (Wildman–Crippen LogP) is 3.91. The van der Waals surface area contributed by atoms with E-state index in [0.717, 1.165) is 29.9 Å². The van der Waals surface area contributed by atoms with E-state index in [0.29, 0.717) is 28.6 Å². The van der Waals surface area contributed by atoms with Crippen LogP contribution in [0.4, 0.5) is 11.5 Å². The molecule has 1 saturated heterocycles. The number of amides is 1. The highest BCUT2D eigenvalue weighted by atomic mass is 35.5. The van der Waals surface area contributed by atoms with Crippen LogP contribution >= 0.6 is 11.6 Å². The Bertz CT molecular complexity index is 1120. The summed E-state index contributed by atoms with van der Waals surface area (Å²) in [5.74, 6) is 0.740. The molecule has 158 valence electrons. The number of hydrogen-bond acceptors (Lipinski definition) is 5. The number of nitrogens with zero attached hydrogens (tertiary/aromatic N) is 4. The van der Waals surface area contributed by atoms with Crippen LogP contribution in [0.25, 0.3) is 16.9 Å². The minimum absolute atomic E-state index is 0.0621. The summed E-state index contributed by atoms with van der Waals surface area (Å²) in [6.07, 6.45) is 2.27. The van der Waals surface area contributed by atoms with Gasteiger partial charge in [0.1, 0.15) is 5.82 Å². The first kappa shape index (κ1) is 20.6. The van der Waals surface area contributed by atoms with E-state index in [4.69, 9.17) is 11.6 Å². The second-order valence-corrected chi connectivity index (χ2v) is 9.27. The third kappa shape index (κ3) is 4.00. The largest absolute Gasteiger partial charge is 0.391 e. The first-order valence-electron chi connectivity index (χ1n) is 10.0. The van der Waals surface area contributed by atoms with Crippen molar-refractivity contribution in [1.29, 1.82) is 0 Å². The number of hydrogen-bond donors (Lipinski definition) is 2. The molecule has 30 heavy (non-hydrogen) atoms. The van der Waals surface area contributed by atoms with Gasteiger partial charge >= 0.3 is 0 Å². The normalized spacial score (nSPS) is 17.0. The summed E-state index contributed by atoms with van der Waals surface area (Å²) in [5.41, 5.74) is 3.21. The molecule has 3 aromatic rings. The number of benzene rings is 1. The Morgan fingerprint density at radius 1 is 1.30 bits per heavy atom. The highest BCUT2D eigenvalue weighted by molar-refractivity contribution is 6.33. The molecule has 0 saturated carbocycles. The van der Waals surface area contributed by atoms with Gasteiger partial charge in [0.15, 0.2) is 5.65 Å². The van der Waals surface area contributed by atoms with Gasteiger partial charge in [-0.2, -0.15) is 0 Å². The van der Waals surface area contributed by atoms with Crippen LogP contribution in [0.1, 0.15) is 32.8 Å². The third-order valence-electron chi connectivity index (χ3n) is 5.31. The van der Waals surface area contributed by atoms with Crippen LogP contribution in [-0.4, -0.2) is 44.8 Å². The summed E-state index contributed by atoms with van der Waals surface area (Å²) in [7, 11) is 0. The van der Waals surface area contributed by atoms with E-state index in [2.05, 4.69) is 20.3 Å². The lowest BCUT2D eigenvalue weighted by molar-refractivity contribution is -0.123. The number of rotatable bonds is 3. The Morgan fingerprint density at radius 3 is 2.73 bits per heavy atom. The van der Waals surface area contributed by atoms with Gasteiger partial charge in [-0.1, -0.05) is 32.4 Å². The zero-order valence-corrected chi connectivity index (χ0v) is 18.4.